The number of hydrogen-bond acceptors (Lipinski definition) is 3. The van der Waals surface area contributed by atoms with Crippen molar-refractivity contribution in [3.05, 3.63) is 0 Å². The molecule has 0 aromatic heterocycles. The van der Waals surface area contributed by atoms with Gasteiger partial charge in [-0.2, -0.15) is 0 Å². The standard InChI is InChI=1S/C12H22N2O/c1-10(6-11(2)15)14-5-4-12(9-14)7-13(3)8-12/h10H,4-9H2,1-3H3. The molecule has 3 nitrogen and oxygen atoms in total. The highest BCUT2D eigenvalue weighted by atomic mass is 16.1. The van der Waals surface area contributed by atoms with Crippen molar-refractivity contribution in [2.45, 2.75) is 32.7 Å². The fourth-order valence-electron chi connectivity index (χ4n) is 3.25. The number of likely N-dealkylation sites (tertiary alicyclic amines) is 2. The highest BCUT2D eigenvalue weighted by molar-refractivity contribution is 5.76. The van der Waals surface area contributed by atoms with Crippen LogP contribution >= 0.6 is 0 Å². The van der Waals surface area contributed by atoms with Crippen molar-refractivity contribution in [2.75, 3.05) is 33.2 Å². The van der Waals surface area contributed by atoms with Gasteiger partial charge < -0.3 is 4.90 Å². The quantitative estimate of drug-likeness (QED) is 0.694. The molecule has 1 spiro atoms. The second-order valence-corrected chi connectivity index (χ2v) is 5.65. The molecule has 0 aromatic carbocycles. The van der Waals surface area contributed by atoms with Crippen LogP contribution in [0.15, 0.2) is 0 Å². The van der Waals surface area contributed by atoms with Crippen LogP contribution in [-0.4, -0.2) is 54.9 Å². The maximum atomic E-state index is 11.1. The largest absolute Gasteiger partial charge is 0.305 e. The van der Waals surface area contributed by atoms with E-state index in [1.807, 2.05) is 0 Å². The van der Waals surface area contributed by atoms with Crippen molar-refractivity contribution < 1.29 is 4.79 Å². The third kappa shape index (κ3) is 2.23. The monoisotopic (exact) mass is 210 g/mol. The number of nitrogens with zero attached hydrogens (tertiary/aromatic N) is 2. The van der Waals surface area contributed by atoms with Gasteiger partial charge in [0.25, 0.3) is 0 Å². The number of carbonyl (C=O) groups excluding carboxylic acids is 1. The van der Waals surface area contributed by atoms with Gasteiger partial charge in [0.15, 0.2) is 0 Å². The van der Waals surface area contributed by atoms with E-state index >= 15 is 0 Å². The minimum atomic E-state index is 0.314. The Morgan fingerprint density at radius 1 is 1.40 bits per heavy atom. The Kier molecular flexibility index (Phi) is 2.86. The van der Waals surface area contributed by atoms with Crippen molar-refractivity contribution in [3.63, 3.8) is 0 Å². The lowest BCUT2D eigenvalue weighted by atomic mass is 9.79. The third-order valence-electron chi connectivity index (χ3n) is 3.88. The maximum Gasteiger partial charge on any atom is 0.131 e. The van der Waals surface area contributed by atoms with Crippen molar-refractivity contribution in [2.24, 2.45) is 5.41 Å². The van der Waals surface area contributed by atoms with E-state index in [0.717, 1.165) is 0 Å². The Morgan fingerprint density at radius 2 is 2.07 bits per heavy atom. The molecule has 0 N–H and O–H groups in total. The summed E-state index contributed by atoms with van der Waals surface area (Å²) in [4.78, 5) is 16.0. The van der Waals surface area contributed by atoms with Gasteiger partial charge in [-0.3, -0.25) is 9.69 Å². The number of ketones is 1. The third-order valence-corrected chi connectivity index (χ3v) is 3.88. The van der Waals surface area contributed by atoms with Crippen LogP contribution < -0.4 is 0 Å². The smallest absolute Gasteiger partial charge is 0.131 e. The molecule has 0 aliphatic carbocycles. The number of hydrogen-bond donors (Lipinski definition) is 0. The Bertz CT molecular complexity index is 258. The van der Waals surface area contributed by atoms with Gasteiger partial charge in [0.1, 0.15) is 5.78 Å². The molecular weight excluding hydrogens is 188 g/mol. The lowest BCUT2D eigenvalue weighted by Crippen LogP contribution is -2.55. The lowest BCUT2D eigenvalue weighted by Gasteiger charge is -2.46. The molecule has 86 valence electrons. The number of rotatable bonds is 3. The summed E-state index contributed by atoms with van der Waals surface area (Å²) < 4.78 is 0. The summed E-state index contributed by atoms with van der Waals surface area (Å²) in [5, 5.41) is 0. The van der Waals surface area contributed by atoms with Gasteiger partial charge in [0, 0.05) is 37.5 Å². The van der Waals surface area contributed by atoms with Crippen molar-refractivity contribution in [3.8, 4) is 0 Å². The van der Waals surface area contributed by atoms with E-state index < -0.39 is 0 Å². The van der Waals surface area contributed by atoms with Crippen LogP contribution in [0.2, 0.25) is 0 Å². The Morgan fingerprint density at radius 3 is 2.60 bits per heavy atom. The molecule has 0 saturated carbocycles. The first-order chi connectivity index (χ1) is 7.01. The molecule has 2 rings (SSSR count). The zero-order valence-corrected chi connectivity index (χ0v) is 10.1. The van der Waals surface area contributed by atoms with Crippen molar-refractivity contribution >= 4 is 5.78 Å². The summed E-state index contributed by atoms with van der Waals surface area (Å²) >= 11 is 0. The molecule has 0 amide bonds. The van der Waals surface area contributed by atoms with Crippen LogP contribution in [0.25, 0.3) is 0 Å². The molecule has 2 fully saturated rings. The normalized spacial score (nSPS) is 27.9. The van der Waals surface area contributed by atoms with Crippen molar-refractivity contribution in [1.82, 2.24) is 9.80 Å². The molecule has 15 heavy (non-hydrogen) atoms. The molecule has 2 heterocycles. The topological polar surface area (TPSA) is 23.6 Å². The van der Waals surface area contributed by atoms with Gasteiger partial charge in [0.2, 0.25) is 0 Å². The van der Waals surface area contributed by atoms with E-state index in [-0.39, 0.29) is 0 Å². The SMILES string of the molecule is CC(=O)CC(C)N1CCC2(CN(C)C2)C1. The maximum absolute atomic E-state index is 11.1. The second-order valence-electron chi connectivity index (χ2n) is 5.65. The van der Waals surface area contributed by atoms with E-state index in [4.69, 9.17) is 0 Å². The van der Waals surface area contributed by atoms with Gasteiger partial charge in [-0.05, 0) is 33.9 Å². The van der Waals surface area contributed by atoms with Gasteiger partial charge in [-0.15, -0.1) is 0 Å². The summed E-state index contributed by atoms with van der Waals surface area (Å²) in [7, 11) is 2.19. The zero-order valence-electron chi connectivity index (χ0n) is 10.1. The molecule has 0 bridgehead atoms. The highest BCUT2D eigenvalue weighted by Gasteiger charge is 2.46. The second kappa shape index (κ2) is 3.87. The van der Waals surface area contributed by atoms with Gasteiger partial charge >= 0.3 is 0 Å². The Balaban J connectivity index is 1.84. The first-order valence-electron chi connectivity index (χ1n) is 5.93. The molecule has 1 unspecified atom stereocenters. The molecule has 2 saturated heterocycles. The summed E-state index contributed by atoms with van der Waals surface area (Å²) in [6.45, 7) is 8.75. The van der Waals surface area contributed by atoms with E-state index in [9.17, 15) is 4.79 Å². The zero-order chi connectivity index (χ0) is 11.1. The van der Waals surface area contributed by atoms with Crippen LogP contribution in [-0.2, 0) is 4.79 Å². The van der Waals surface area contributed by atoms with E-state index in [2.05, 4.69) is 23.8 Å². The molecule has 0 aromatic rings. The Labute approximate surface area is 92.4 Å². The molecule has 2 aliphatic rings. The summed E-state index contributed by atoms with van der Waals surface area (Å²) in [5.41, 5.74) is 0.569. The fourth-order valence-corrected chi connectivity index (χ4v) is 3.25. The number of Topliss-reactive ketones (excluding diaryl/α,β-unsaturated/α-hetero) is 1. The number of carbonyl (C=O) groups is 1. The predicted molar refractivity (Wildman–Crippen MR) is 60.9 cm³/mol. The van der Waals surface area contributed by atoms with Gasteiger partial charge in [-0.25, -0.2) is 0 Å². The average Bonchev–Trinajstić information content (AvgIpc) is 2.47. The molecule has 2 aliphatic heterocycles. The molecular formula is C12H22N2O. The minimum Gasteiger partial charge on any atom is -0.305 e. The fraction of sp³-hybridized carbons (Fsp3) is 0.917. The van der Waals surface area contributed by atoms with E-state index in [1.54, 1.807) is 6.92 Å². The summed E-state index contributed by atoms with van der Waals surface area (Å²) in [5.74, 6) is 0.314. The predicted octanol–water partition coefficient (Wildman–Crippen LogP) is 0.991. The molecule has 0 radical (unpaired) electrons. The lowest BCUT2D eigenvalue weighted by molar-refractivity contribution is -0.118. The first kappa shape index (κ1) is 11.1. The molecule has 3 heteroatoms. The van der Waals surface area contributed by atoms with Gasteiger partial charge in [-0.1, -0.05) is 0 Å². The van der Waals surface area contributed by atoms with E-state index in [0.29, 0.717) is 23.7 Å². The average molecular weight is 210 g/mol. The first-order valence-corrected chi connectivity index (χ1v) is 5.93. The molecule has 1 atom stereocenters. The van der Waals surface area contributed by atoms with Crippen LogP contribution in [0.4, 0.5) is 0 Å². The summed E-state index contributed by atoms with van der Waals surface area (Å²) in [6, 6.07) is 0.438. The van der Waals surface area contributed by atoms with Crippen LogP contribution in [0, 0.1) is 5.41 Å². The Hall–Kier alpha value is -0.410. The van der Waals surface area contributed by atoms with Crippen LogP contribution in [0.1, 0.15) is 26.7 Å². The van der Waals surface area contributed by atoms with Crippen molar-refractivity contribution in [1.29, 1.82) is 0 Å². The van der Waals surface area contributed by atoms with Gasteiger partial charge in [0.05, 0.1) is 0 Å². The van der Waals surface area contributed by atoms with E-state index in [1.165, 1.54) is 32.6 Å². The summed E-state index contributed by atoms with van der Waals surface area (Å²) in [6.07, 6.45) is 2.03. The van der Waals surface area contributed by atoms with Crippen LogP contribution in [0.3, 0.4) is 0 Å². The van der Waals surface area contributed by atoms with Crippen LogP contribution in [0.5, 0.6) is 0 Å². The highest BCUT2D eigenvalue weighted by Crippen LogP contribution is 2.39. The minimum absolute atomic E-state index is 0.314.